The topological polar surface area (TPSA) is 64.2 Å². The fourth-order valence-electron chi connectivity index (χ4n) is 2.44. The van der Waals surface area contributed by atoms with Gasteiger partial charge in [0.2, 0.25) is 0 Å². The maximum atomic E-state index is 9.85. The zero-order chi connectivity index (χ0) is 12.0. The number of rotatable bonds is 5. The molecule has 1 aliphatic rings. The molecular weight excluding hydrogens is 202 g/mol. The Morgan fingerprint density at radius 2 is 2.25 bits per heavy atom. The minimum atomic E-state index is -0.454. The van der Waals surface area contributed by atoms with Crippen LogP contribution in [0.15, 0.2) is 11.6 Å². The number of allylic oxidation sites excluding steroid dienone is 1. The van der Waals surface area contributed by atoms with Crippen LogP contribution >= 0.6 is 0 Å². The van der Waals surface area contributed by atoms with Crippen LogP contribution in [0.5, 0.6) is 0 Å². The summed E-state index contributed by atoms with van der Waals surface area (Å²) in [6, 6.07) is 2.19. The summed E-state index contributed by atoms with van der Waals surface area (Å²) in [5.41, 5.74) is 0.664. The van der Waals surface area contributed by atoms with Gasteiger partial charge in [0.25, 0.3) is 0 Å². The molecule has 3 atom stereocenters. The van der Waals surface area contributed by atoms with Crippen LogP contribution in [0.4, 0.5) is 0 Å². The van der Waals surface area contributed by atoms with Gasteiger partial charge in [0.1, 0.15) is 0 Å². The number of unbranched alkanes of at least 4 members (excludes halogenated alkanes) is 2. The first-order valence-electron chi connectivity index (χ1n) is 6.13. The summed E-state index contributed by atoms with van der Waals surface area (Å²) in [6.07, 6.45) is 6.05. The quantitative estimate of drug-likeness (QED) is 0.553. The Bertz CT molecular complexity index is 280. The maximum Gasteiger partial charge on any atom is 0.0947 e. The van der Waals surface area contributed by atoms with Crippen molar-refractivity contribution in [3.63, 3.8) is 0 Å². The Kier molecular flexibility index (Phi) is 5.51. The summed E-state index contributed by atoms with van der Waals surface area (Å²) in [5, 5.41) is 28.2. The van der Waals surface area contributed by atoms with E-state index in [1.54, 1.807) is 0 Å². The molecule has 0 aromatic heterocycles. The first-order valence-corrected chi connectivity index (χ1v) is 6.13. The largest absolute Gasteiger partial charge is 0.396 e. The molecule has 0 aromatic carbocycles. The molecule has 0 aromatic rings. The monoisotopic (exact) mass is 223 g/mol. The second-order valence-corrected chi connectivity index (χ2v) is 4.53. The number of nitriles is 1. The fraction of sp³-hybridized carbons (Fsp3) is 0.769. The number of hydrogen-bond acceptors (Lipinski definition) is 3. The van der Waals surface area contributed by atoms with Gasteiger partial charge in [-0.3, -0.25) is 0 Å². The van der Waals surface area contributed by atoms with Crippen LogP contribution in [0.2, 0.25) is 0 Å². The Hall–Kier alpha value is -0.850. The van der Waals surface area contributed by atoms with Crippen molar-refractivity contribution >= 4 is 0 Å². The maximum absolute atomic E-state index is 9.85. The molecule has 0 amide bonds. The molecule has 0 spiro atoms. The van der Waals surface area contributed by atoms with E-state index in [0.717, 1.165) is 25.7 Å². The van der Waals surface area contributed by atoms with Gasteiger partial charge in [-0.25, -0.2) is 0 Å². The summed E-state index contributed by atoms with van der Waals surface area (Å²) in [6.45, 7) is 2.18. The van der Waals surface area contributed by atoms with E-state index in [1.807, 2.05) is 6.08 Å². The van der Waals surface area contributed by atoms with Crippen molar-refractivity contribution < 1.29 is 10.2 Å². The summed E-state index contributed by atoms with van der Waals surface area (Å²) in [5.74, 6) is -0.0885. The molecule has 1 rings (SSSR count). The van der Waals surface area contributed by atoms with Crippen LogP contribution in [0, 0.1) is 23.2 Å². The van der Waals surface area contributed by atoms with E-state index in [0.29, 0.717) is 12.0 Å². The SMILES string of the molecule is CCCC/C=C(\C#N)C1C(O)CCC1CO. The highest BCUT2D eigenvalue weighted by atomic mass is 16.3. The van der Waals surface area contributed by atoms with Crippen LogP contribution in [0.25, 0.3) is 0 Å². The molecule has 0 heterocycles. The Morgan fingerprint density at radius 1 is 1.50 bits per heavy atom. The number of aliphatic hydroxyl groups is 2. The third kappa shape index (κ3) is 3.07. The average Bonchev–Trinajstić information content (AvgIpc) is 2.66. The molecule has 0 saturated heterocycles. The summed E-state index contributed by atoms with van der Waals surface area (Å²) in [4.78, 5) is 0. The second-order valence-electron chi connectivity index (χ2n) is 4.53. The molecular formula is C13H21NO2. The van der Waals surface area contributed by atoms with E-state index in [9.17, 15) is 10.2 Å². The van der Waals surface area contributed by atoms with Gasteiger partial charge in [-0.05, 0) is 25.2 Å². The van der Waals surface area contributed by atoms with Crippen molar-refractivity contribution in [3.8, 4) is 6.07 Å². The fourth-order valence-corrected chi connectivity index (χ4v) is 2.44. The standard InChI is InChI=1S/C13H21NO2/c1-2-3-4-5-10(8-14)13-11(9-15)6-7-12(13)16/h5,11-13,15-16H,2-4,6-7,9H2,1H3/b10-5+. The van der Waals surface area contributed by atoms with Gasteiger partial charge >= 0.3 is 0 Å². The van der Waals surface area contributed by atoms with E-state index in [4.69, 9.17) is 5.26 Å². The minimum Gasteiger partial charge on any atom is -0.396 e. The van der Waals surface area contributed by atoms with Gasteiger partial charge in [0.05, 0.1) is 12.2 Å². The van der Waals surface area contributed by atoms with E-state index in [2.05, 4.69) is 13.0 Å². The van der Waals surface area contributed by atoms with Crippen molar-refractivity contribution in [1.82, 2.24) is 0 Å². The molecule has 3 heteroatoms. The third-order valence-corrected chi connectivity index (χ3v) is 3.40. The zero-order valence-electron chi connectivity index (χ0n) is 9.89. The average molecular weight is 223 g/mol. The first-order chi connectivity index (χ1) is 7.74. The number of hydrogen-bond donors (Lipinski definition) is 2. The van der Waals surface area contributed by atoms with Crippen LogP contribution in [-0.4, -0.2) is 22.9 Å². The molecule has 1 fully saturated rings. The predicted molar refractivity (Wildman–Crippen MR) is 62.5 cm³/mol. The number of nitrogens with zero attached hydrogens (tertiary/aromatic N) is 1. The summed E-state index contributed by atoms with van der Waals surface area (Å²) >= 11 is 0. The van der Waals surface area contributed by atoms with Crippen molar-refractivity contribution in [2.75, 3.05) is 6.61 Å². The van der Waals surface area contributed by atoms with Gasteiger partial charge in [-0.2, -0.15) is 5.26 Å². The van der Waals surface area contributed by atoms with Gasteiger partial charge in [-0.1, -0.05) is 25.8 Å². The molecule has 3 unspecified atom stereocenters. The lowest BCUT2D eigenvalue weighted by Gasteiger charge is -2.19. The van der Waals surface area contributed by atoms with E-state index in [-0.39, 0.29) is 18.4 Å². The lowest BCUT2D eigenvalue weighted by Crippen LogP contribution is -2.23. The van der Waals surface area contributed by atoms with Crippen molar-refractivity contribution in [2.24, 2.45) is 11.8 Å². The minimum absolute atomic E-state index is 0.0579. The molecule has 2 N–H and O–H groups in total. The second kappa shape index (κ2) is 6.67. The molecule has 1 saturated carbocycles. The smallest absolute Gasteiger partial charge is 0.0947 e. The lowest BCUT2D eigenvalue weighted by molar-refractivity contribution is 0.119. The summed E-state index contributed by atoms with van der Waals surface area (Å²) < 4.78 is 0. The molecule has 0 bridgehead atoms. The first kappa shape index (κ1) is 13.2. The Morgan fingerprint density at radius 3 is 2.81 bits per heavy atom. The molecule has 16 heavy (non-hydrogen) atoms. The molecule has 0 radical (unpaired) electrons. The van der Waals surface area contributed by atoms with Crippen LogP contribution in [0.1, 0.15) is 39.0 Å². The molecule has 1 aliphatic carbocycles. The van der Waals surface area contributed by atoms with E-state index in [1.165, 1.54) is 0 Å². The Labute approximate surface area is 97.4 Å². The van der Waals surface area contributed by atoms with Crippen LogP contribution in [0.3, 0.4) is 0 Å². The normalized spacial score (nSPS) is 30.4. The Balaban J connectivity index is 2.70. The van der Waals surface area contributed by atoms with Crippen molar-refractivity contribution in [3.05, 3.63) is 11.6 Å². The van der Waals surface area contributed by atoms with E-state index < -0.39 is 6.10 Å². The van der Waals surface area contributed by atoms with Crippen LogP contribution in [-0.2, 0) is 0 Å². The number of aliphatic hydroxyl groups excluding tert-OH is 2. The van der Waals surface area contributed by atoms with E-state index >= 15 is 0 Å². The third-order valence-electron chi connectivity index (χ3n) is 3.40. The molecule has 3 nitrogen and oxygen atoms in total. The molecule has 90 valence electrons. The highest BCUT2D eigenvalue weighted by Crippen LogP contribution is 2.36. The predicted octanol–water partition coefficient (Wildman–Crippen LogP) is 2.01. The summed E-state index contributed by atoms with van der Waals surface area (Å²) in [7, 11) is 0. The molecule has 0 aliphatic heterocycles. The van der Waals surface area contributed by atoms with Gasteiger partial charge < -0.3 is 10.2 Å². The highest BCUT2D eigenvalue weighted by Gasteiger charge is 2.36. The van der Waals surface area contributed by atoms with Gasteiger partial charge in [-0.15, -0.1) is 0 Å². The highest BCUT2D eigenvalue weighted by molar-refractivity contribution is 5.27. The van der Waals surface area contributed by atoms with Crippen molar-refractivity contribution in [1.29, 1.82) is 5.26 Å². The van der Waals surface area contributed by atoms with Crippen molar-refractivity contribution in [2.45, 2.75) is 45.1 Å². The van der Waals surface area contributed by atoms with Crippen LogP contribution < -0.4 is 0 Å². The zero-order valence-corrected chi connectivity index (χ0v) is 9.89. The van der Waals surface area contributed by atoms with Gasteiger partial charge in [0.15, 0.2) is 0 Å². The van der Waals surface area contributed by atoms with Gasteiger partial charge in [0, 0.05) is 18.1 Å². The lowest BCUT2D eigenvalue weighted by atomic mass is 9.87.